The highest BCUT2D eigenvalue weighted by Gasteiger charge is 2.28. The molecule has 0 radical (unpaired) electrons. The molecule has 0 bridgehead atoms. The second-order valence-corrected chi connectivity index (χ2v) is 5.78. The van der Waals surface area contributed by atoms with Crippen LogP contribution < -0.4 is 10.1 Å². The minimum Gasteiger partial charge on any atom is -0.479 e. The summed E-state index contributed by atoms with van der Waals surface area (Å²) in [7, 11) is 0. The molecule has 1 heterocycles. The van der Waals surface area contributed by atoms with Crippen molar-refractivity contribution in [1.82, 2.24) is 15.5 Å². The molecule has 1 fully saturated rings. The van der Waals surface area contributed by atoms with Crippen molar-refractivity contribution in [2.45, 2.75) is 38.3 Å². The molecular weight excluding hydrogens is 325 g/mol. The lowest BCUT2D eigenvalue weighted by molar-refractivity contribution is -0.127. The average Bonchev–Trinajstić information content (AvgIpc) is 3.26. The number of carbonyl (C=O) groups excluding carboxylic acids is 1. The van der Waals surface area contributed by atoms with Gasteiger partial charge in [-0.25, -0.2) is 4.39 Å². The number of hydrogen-bond donors (Lipinski definition) is 1. The highest BCUT2D eigenvalue weighted by molar-refractivity contribution is 6.32. The van der Waals surface area contributed by atoms with Gasteiger partial charge in [0.05, 0.1) is 11.6 Å². The van der Waals surface area contributed by atoms with Crippen LogP contribution in [0.15, 0.2) is 22.7 Å². The molecule has 0 unspecified atom stereocenters. The number of rotatable bonds is 6. The van der Waals surface area contributed by atoms with Gasteiger partial charge < -0.3 is 14.6 Å². The zero-order valence-corrected chi connectivity index (χ0v) is 13.1. The molecule has 8 heteroatoms. The van der Waals surface area contributed by atoms with E-state index >= 15 is 0 Å². The predicted molar refractivity (Wildman–Crippen MR) is 79.6 cm³/mol. The van der Waals surface area contributed by atoms with Crippen molar-refractivity contribution in [2.24, 2.45) is 0 Å². The lowest BCUT2D eigenvalue weighted by Gasteiger charge is -2.15. The van der Waals surface area contributed by atoms with E-state index in [4.69, 9.17) is 20.9 Å². The summed E-state index contributed by atoms with van der Waals surface area (Å²) < 4.78 is 23.5. The van der Waals surface area contributed by atoms with Crippen molar-refractivity contribution < 1.29 is 18.4 Å². The third-order valence-electron chi connectivity index (χ3n) is 3.41. The minimum atomic E-state index is -0.802. The van der Waals surface area contributed by atoms with Crippen LogP contribution in [-0.2, 0) is 11.3 Å². The van der Waals surface area contributed by atoms with Gasteiger partial charge in [-0.1, -0.05) is 16.8 Å². The van der Waals surface area contributed by atoms with Crippen molar-refractivity contribution in [1.29, 1.82) is 0 Å². The molecule has 1 aromatic carbocycles. The first-order valence-electron chi connectivity index (χ1n) is 7.25. The Morgan fingerprint density at radius 3 is 3.04 bits per heavy atom. The second-order valence-electron chi connectivity index (χ2n) is 5.37. The third kappa shape index (κ3) is 3.98. The third-order valence-corrected chi connectivity index (χ3v) is 3.70. The highest BCUT2D eigenvalue weighted by Crippen LogP contribution is 2.38. The van der Waals surface area contributed by atoms with E-state index < -0.39 is 11.9 Å². The van der Waals surface area contributed by atoms with Crippen LogP contribution >= 0.6 is 11.6 Å². The SMILES string of the molecule is C[C@H](Oc1ccc(F)cc1Cl)C(=O)NCc1nc(C2CC2)no1. The molecule has 2 aromatic rings. The first-order valence-corrected chi connectivity index (χ1v) is 7.62. The Balaban J connectivity index is 1.52. The van der Waals surface area contributed by atoms with Crippen LogP contribution in [0.25, 0.3) is 0 Å². The summed E-state index contributed by atoms with van der Waals surface area (Å²) in [6.45, 7) is 1.70. The maximum Gasteiger partial charge on any atom is 0.261 e. The van der Waals surface area contributed by atoms with E-state index in [2.05, 4.69) is 15.5 Å². The topological polar surface area (TPSA) is 77.2 Å². The van der Waals surface area contributed by atoms with Gasteiger partial charge in [0, 0.05) is 5.92 Å². The van der Waals surface area contributed by atoms with Gasteiger partial charge in [-0.05, 0) is 38.0 Å². The molecular formula is C15H15ClFN3O3. The number of hydrogen-bond acceptors (Lipinski definition) is 5. The fraction of sp³-hybridized carbons (Fsp3) is 0.400. The van der Waals surface area contributed by atoms with Gasteiger partial charge in [0.1, 0.15) is 11.6 Å². The molecule has 0 aliphatic heterocycles. The molecule has 1 aromatic heterocycles. The molecule has 1 N–H and O–H groups in total. The Kier molecular flexibility index (Phi) is 4.47. The fourth-order valence-corrected chi connectivity index (χ4v) is 2.18. The predicted octanol–water partition coefficient (Wildman–Crippen LogP) is 2.82. The van der Waals surface area contributed by atoms with Gasteiger partial charge in [-0.3, -0.25) is 4.79 Å². The molecule has 1 atom stereocenters. The van der Waals surface area contributed by atoms with Crippen LogP contribution in [0.3, 0.4) is 0 Å². The number of amides is 1. The largest absolute Gasteiger partial charge is 0.479 e. The standard InChI is InChI=1S/C15H15ClFN3O3/c1-8(22-12-5-4-10(17)6-11(12)16)15(21)18-7-13-19-14(20-23-13)9-2-3-9/h4-6,8-9H,2-3,7H2,1H3,(H,18,21)/t8-/m0/s1. The fourth-order valence-electron chi connectivity index (χ4n) is 1.97. The Morgan fingerprint density at radius 2 is 2.35 bits per heavy atom. The second kappa shape index (κ2) is 6.54. The van der Waals surface area contributed by atoms with E-state index in [1.165, 1.54) is 12.1 Å². The van der Waals surface area contributed by atoms with E-state index in [9.17, 15) is 9.18 Å². The molecule has 23 heavy (non-hydrogen) atoms. The number of aromatic nitrogens is 2. The van der Waals surface area contributed by atoms with E-state index in [1.54, 1.807) is 6.92 Å². The van der Waals surface area contributed by atoms with Crippen molar-refractivity contribution in [3.63, 3.8) is 0 Å². The van der Waals surface area contributed by atoms with Crippen molar-refractivity contribution >= 4 is 17.5 Å². The van der Waals surface area contributed by atoms with Crippen LogP contribution in [0, 0.1) is 5.82 Å². The number of nitrogens with one attached hydrogen (secondary N) is 1. The summed E-state index contributed by atoms with van der Waals surface area (Å²) in [4.78, 5) is 16.2. The summed E-state index contributed by atoms with van der Waals surface area (Å²) in [5, 5.41) is 6.62. The molecule has 1 aliphatic carbocycles. The summed E-state index contributed by atoms with van der Waals surface area (Å²) in [6, 6.07) is 3.71. The first-order chi connectivity index (χ1) is 11.0. The maximum atomic E-state index is 13.0. The van der Waals surface area contributed by atoms with Crippen molar-refractivity contribution in [2.75, 3.05) is 0 Å². The van der Waals surface area contributed by atoms with Gasteiger partial charge >= 0.3 is 0 Å². The maximum absolute atomic E-state index is 13.0. The van der Waals surface area contributed by atoms with Gasteiger partial charge in [0.15, 0.2) is 11.9 Å². The lowest BCUT2D eigenvalue weighted by atomic mass is 10.3. The molecule has 0 saturated heterocycles. The average molecular weight is 340 g/mol. The summed E-state index contributed by atoms with van der Waals surface area (Å²) in [6.07, 6.45) is 1.35. The number of carbonyl (C=O) groups is 1. The molecule has 1 aliphatic rings. The molecule has 122 valence electrons. The highest BCUT2D eigenvalue weighted by atomic mass is 35.5. The minimum absolute atomic E-state index is 0.107. The molecule has 6 nitrogen and oxygen atoms in total. The quantitative estimate of drug-likeness (QED) is 0.875. The van der Waals surface area contributed by atoms with E-state index in [-0.39, 0.29) is 23.2 Å². The lowest BCUT2D eigenvalue weighted by Crippen LogP contribution is -2.36. The Hall–Kier alpha value is -2.15. The summed E-state index contributed by atoms with van der Waals surface area (Å²) in [5.41, 5.74) is 0. The van der Waals surface area contributed by atoms with E-state index in [1.807, 2.05) is 0 Å². The Morgan fingerprint density at radius 1 is 1.57 bits per heavy atom. The van der Waals surface area contributed by atoms with Crippen LogP contribution in [-0.4, -0.2) is 22.2 Å². The van der Waals surface area contributed by atoms with Gasteiger partial charge in [0.2, 0.25) is 5.89 Å². The van der Waals surface area contributed by atoms with E-state index in [0.717, 1.165) is 18.9 Å². The first kappa shape index (κ1) is 15.7. The normalized spacial score (nSPS) is 15.3. The van der Waals surface area contributed by atoms with Gasteiger partial charge in [0.25, 0.3) is 5.91 Å². The Bertz CT molecular complexity index is 718. The van der Waals surface area contributed by atoms with Crippen molar-refractivity contribution in [3.05, 3.63) is 40.8 Å². The van der Waals surface area contributed by atoms with Crippen LogP contribution in [0.1, 0.15) is 37.4 Å². The molecule has 3 rings (SSSR count). The van der Waals surface area contributed by atoms with Crippen LogP contribution in [0.4, 0.5) is 4.39 Å². The monoisotopic (exact) mass is 339 g/mol. The number of ether oxygens (including phenoxy) is 1. The van der Waals surface area contributed by atoms with Crippen LogP contribution in [0.5, 0.6) is 5.75 Å². The van der Waals surface area contributed by atoms with Gasteiger partial charge in [-0.15, -0.1) is 0 Å². The number of benzene rings is 1. The molecule has 1 saturated carbocycles. The smallest absolute Gasteiger partial charge is 0.261 e. The molecule has 0 spiro atoms. The zero-order chi connectivity index (χ0) is 16.4. The van der Waals surface area contributed by atoms with E-state index in [0.29, 0.717) is 17.6 Å². The zero-order valence-electron chi connectivity index (χ0n) is 12.4. The van der Waals surface area contributed by atoms with Crippen molar-refractivity contribution in [3.8, 4) is 5.75 Å². The van der Waals surface area contributed by atoms with Gasteiger partial charge in [-0.2, -0.15) is 4.98 Å². The Labute approximate surface area is 137 Å². The summed E-state index contributed by atoms with van der Waals surface area (Å²) in [5.74, 6) is 0.846. The number of nitrogens with zero attached hydrogens (tertiary/aromatic N) is 2. The van der Waals surface area contributed by atoms with Crippen LogP contribution in [0.2, 0.25) is 5.02 Å². The summed E-state index contributed by atoms with van der Waals surface area (Å²) >= 11 is 5.86. The number of halogens is 2. The molecule has 1 amide bonds.